The number of nitrogens with zero attached hydrogens (tertiary/aromatic N) is 2. The number of carbonyl (C=O) groups excluding carboxylic acids is 1. The fraction of sp³-hybridized carbons (Fsp3) is 0.182. The Bertz CT molecular complexity index is 1190. The van der Waals surface area contributed by atoms with Crippen molar-refractivity contribution in [3.63, 3.8) is 0 Å². The Morgan fingerprint density at radius 2 is 1.85 bits per heavy atom. The van der Waals surface area contributed by atoms with Crippen molar-refractivity contribution >= 4 is 38.2 Å². The van der Waals surface area contributed by atoms with E-state index in [1.54, 1.807) is 11.3 Å². The van der Waals surface area contributed by atoms with Crippen molar-refractivity contribution in [3.8, 4) is 5.75 Å². The first-order chi connectivity index (χ1) is 13.2. The number of hydrogen-bond donors (Lipinski definition) is 0. The van der Waals surface area contributed by atoms with E-state index in [4.69, 9.17) is 4.74 Å². The summed E-state index contributed by atoms with van der Waals surface area (Å²) in [4.78, 5) is 17.6. The predicted octanol–water partition coefficient (Wildman–Crippen LogP) is 4.46. The van der Waals surface area contributed by atoms with E-state index in [0.717, 1.165) is 26.3 Å². The van der Waals surface area contributed by atoms with Gasteiger partial charge in [0.15, 0.2) is 4.80 Å². The Kier molecular flexibility index (Phi) is 4.77. The molecule has 136 valence electrons. The van der Waals surface area contributed by atoms with Crippen molar-refractivity contribution in [2.45, 2.75) is 13.3 Å². The smallest absolute Gasteiger partial charge is 0.252 e. The zero-order chi connectivity index (χ0) is 18.8. The molecule has 4 rings (SSSR count). The quantitative estimate of drug-likeness (QED) is 0.528. The number of benzene rings is 3. The van der Waals surface area contributed by atoms with Crippen molar-refractivity contribution in [1.29, 1.82) is 0 Å². The van der Waals surface area contributed by atoms with Gasteiger partial charge in [-0.15, -0.1) is 0 Å². The van der Waals surface area contributed by atoms with Crippen molar-refractivity contribution in [3.05, 3.63) is 71.0 Å². The summed E-state index contributed by atoms with van der Waals surface area (Å²) in [6.45, 7) is 2.58. The molecule has 0 aliphatic rings. The van der Waals surface area contributed by atoms with E-state index in [0.29, 0.717) is 6.61 Å². The molecule has 0 saturated carbocycles. The average molecular weight is 376 g/mol. The third-order valence-electron chi connectivity index (χ3n) is 4.50. The van der Waals surface area contributed by atoms with Crippen LogP contribution in [0.5, 0.6) is 5.75 Å². The number of ether oxygens (including phenoxy) is 1. The second-order valence-electron chi connectivity index (χ2n) is 6.34. The minimum atomic E-state index is -0.148. The van der Waals surface area contributed by atoms with E-state index in [9.17, 15) is 4.79 Å². The van der Waals surface area contributed by atoms with Crippen molar-refractivity contribution in [1.82, 2.24) is 4.57 Å². The molecular formula is C22H20N2O2S. The first kappa shape index (κ1) is 17.5. The van der Waals surface area contributed by atoms with Gasteiger partial charge < -0.3 is 9.30 Å². The molecule has 0 saturated heterocycles. The SMILES string of the molecule is CCOc1ccc(CC(=O)N=c2sc3ccc4ccccc4c3n2C)cc1. The van der Waals surface area contributed by atoms with Crippen LogP contribution in [0.4, 0.5) is 0 Å². The number of amides is 1. The molecule has 1 heterocycles. The van der Waals surface area contributed by atoms with E-state index < -0.39 is 0 Å². The summed E-state index contributed by atoms with van der Waals surface area (Å²) in [5.74, 6) is 0.666. The fourth-order valence-electron chi connectivity index (χ4n) is 3.21. The maximum absolute atomic E-state index is 12.5. The average Bonchev–Trinajstić information content (AvgIpc) is 2.99. The molecule has 1 amide bonds. The van der Waals surface area contributed by atoms with Gasteiger partial charge in [-0.2, -0.15) is 4.99 Å². The van der Waals surface area contributed by atoms with Gasteiger partial charge in [0.2, 0.25) is 0 Å². The summed E-state index contributed by atoms with van der Waals surface area (Å²) in [6, 6.07) is 20.1. The van der Waals surface area contributed by atoms with E-state index in [1.165, 1.54) is 10.8 Å². The Morgan fingerprint density at radius 1 is 1.07 bits per heavy atom. The van der Waals surface area contributed by atoms with E-state index in [2.05, 4.69) is 29.3 Å². The number of carbonyl (C=O) groups is 1. The lowest BCUT2D eigenvalue weighted by Gasteiger charge is -2.03. The first-order valence-electron chi connectivity index (χ1n) is 8.92. The molecule has 0 atom stereocenters. The molecule has 27 heavy (non-hydrogen) atoms. The molecule has 4 aromatic rings. The van der Waals surface area contributed by atoms with Crippen molar-refractivity contribution in [2.24, 2.45) is 12.0 Å². The Balaban J connectivity index is 1.67. The molecule has 0 bridgehead atoms. The summed E-state index contributed by atoms with van der Waals surface area (Å²) < 4.78 is 8.58. The van der Waals surface area contributed by atoms with Crippen LogP contribution in [0.3, 0.4) is 0 Å². The summed E-state index contributed by atoms with van der Waals surface area (Å²) >= 11 is 1.54. The van der Waals surface area contributed by atoms with Crippen LogP contribution in [0, 0.1) is 0 Å². The maximum atomic E-state index is 12.5. The third-order valence-corrected chi connectivity index (χ3v) is 5.59. The van der Waals surface area contributed by atoms with Gasteiger partial charge in [0.1, 0.15) is 5.75 Å². The van der Waals surface area contributed by atoms with Crippen LogP contribution >= 0.6 is 11.3 Å². The summed E-state index contributed by atoms with van der Waals surface area (Å²) in [6.07, 6.45) is 0.279. The monoisotopic (exact) mass is 376 g/mol. The maximum Gasteiger partial charge on any atom is 0.252 e. The lowest BCUT2D eigenvalue weighted by Crippen LogP contribution is -2.14. The Morgan fingerprint density at radius 3 is 2.63 bits per heavy atom. The molecule has 0 N–H and O–H groups in total. The Labute approximate surface area is 161 Å². The van der Waals surface area contributed by atoms with Gasteiger partial charge in [-0.25, -0.2) is 0 Å². The number of thiazole rings is 1. The van der Waals surface area contributed by atoms with Crippen LogP contribution in [0.25, 0.3) is 21.0 Å². The van der Waals surface area contributed by atoms with Crippen LogP contribution in [0.1, 0.15) is 12.5 Å². The highest BCUT2D eigenvalue weighted by atomic mass is 32.1. The number of aryl methyl sites for hydroxylation is 1. The zero-order valence-electron chi connectivity index (χ0n) is 15.3. The topological polar surface area (TPSA) is 43.6 Å². The van der Waals surface area contributed by atoms with Gasteiger partial charge in [-0.3, -0.25) is 4.79 Å². The number of fused-ring (bicyclic) bond motifs is 3. The fourth-order valence-corrected chi connectivity index (χ4v) is 4.27. The lowest BCUT2D eigenvalue weighted by atomic mass is 10.1. The van der Waals surface area contributed by atoms with Crippen LogP contribution < -0.4 is 9.54 Å². The van der Waals surface area contributed by atoms with Crippen LogP contribution in [-0.2, 0) is 18.3 Å². The van der Waals surface area contributed by atoms with Gasteiger partial charge in [0, 0.05) is 12.4 Å². The number of aromatic nitrogens is 1. The molecule has 0 aliphatic heterocycles. The van der Waals surface area contributed by atoms with Crippen LogP contribution in [0.2, 0.25) is 0 Å². The largest absolute Gasteiger partial charge is 0.494 e. The number of rotatable bonds is 4. The van der Waals surface area contributed by atoms with E-state index >= 15 is 0 Å². The molecule has 0 unspecified atom stereocenters. The van der Waals surface area contributed by atoms with E-state index in [1.807, 2.05) is 54.9 Å². The standard InChI is InChI=1S/C22H20N2O2S/c1-3-26-17-11-8-15(9-12-17)14-20(25)23-22-24(2)21-18-7-5-4-6-16(18)10-13-19(21)27-22/h4-13H,3,14H2,1-2H3. The molecule has 0 aliphatic carbocycles. The molecule has 1 aromatic heterocycles. The van der Waals surface area contributed by atoms with Crippen molar-refractivity contribution in [2.75, 3.05) is 6.61 Å². The highest BCUT2D eigenvalue weighted by molar-refractivity contribution is 7.16. The van der Waals surface area contributed by atoms with Gasteiger partial charge in [-0.1, -0.05) is 53.8 Å². The normalized spacial score (nSPS) is 12.0. The second kappa shape index (κ2) is 7.37. The van der Waals surface area contributed by atoms with Gasteiger partial charge in [0.05, 0.1) is 23.2 Å². The minimum Gasteiger partial charge on any atom is -0.494 e. The summed E-state index contributed by atoms with van der Waals surface area (Å²) in [7, 11) is 1.97. The minimum absolute atomic E-state index is 0.148. The van der Waals surface area contributed by atoms with Crippen LogP contribution in [-0.4, -0.2) is 17.1 Å². The van der Waals surface area contributed by atoms with E-state index in [-0.39, 0.29) is 12.3 Å². The predicted molar refractivity (Wildman–Crippen MR) is 110 cm³/mol. The molecule has 5 heteroatoms. The molecule has 4 nitrogen and oxygen atoms in total. The zero-order valence-corrected chi connectivity index (χ0v) is 16.1. The Hall–Kier alpha value is -2.92. The molecule has 3 aromatic carbocycles. The highest BCUT2D eigenvalue weighted by Gasteiger charge is 2.09. The number of hydrogen-bond acceptors (Lipinski definition) is 3. The van der Waals surface area contributed by atoms with Crippen LogP contribution in [0.15, 0.2) is 65.7 Å². The summed E-state index contributed by atoms with van der Waals surface area (Å²) in [5.41, 5.74) is 2.05. The molecule has 0 fully saturated rings. The van der Waals surface area contributed by atoms with Crippen molar-refractivity contribution < 1.29 is 9.53 Å². The first-order valence-corrected chi connectivity index (χ1v) is 9.74. The van der Waals surface area contributed by atoms with Gasteiger partial charge in [-0.05, 0) is 36.1 Å². The summed E-state index contributed by atoms with van der Waals surface area (Å²) in [5, 5.41) is 2.36. The molecule has 0 radical (unpaired) electrons. The second-order valence-corrected chi connectivity index (χ2v) is 7.35. The molecular weight excluding hydrogens is 356 g/mol. The lowest BCUT2D eigenvalue weighted by molar-refractivity contribution is -0.117. The highest BCUT2D eigenvalue weighted by Crippen LogP contribution is 2.26. The third kappa shape index (κ3) is 3.51. The van der Waals surface area contributed by atoms with Gasteiger partial charge >= 0.3 is 0 Å². The molecule has 0 spiro atoms. The van der Waals surface area contributed by atoms with Gasteiger partial charge in [0.25, 0.3) is 5.91 Å².